The van der Waals surface area contributed by atoms with Crippen LogP contribution in [0.1, 0.15) is 32.4 Å². The Bertz CT molecular complexity index is 1120. The molecular formula is C24H29F3N6O4. The van der Waals surface area contributed by atoms with Gasteiger partial charge in [0.2, 0.25) is 0 Å². The van der Waals surface area contributed by atoms with Crippen molar-refractivity contribution in [1.29, 1.82) is 0 Å². The Kier molecular flexibility index (Phi) is 6.61. The number of nitrogens with zero attached hydrogens (tertiary/aromatic N) is 5. The second-order valence-electron chi connectivity index (χ2n) is 10.1. The number of rotatable bonds is 5. The molecule has 0 aromatic carbocycles. The lowest BCUT2D eigenvalue weighted by Gasteiger charge is -2.40. The Morgan fingerprint density at radius 2 is 1.86 bits per heavy atom. The van der Waals surface area contributed by atoms with Crippen molar-refractivity contribution in [3.63, 3.8) is 0 Å². The van der Waals surface area contributed by atoms with Crippen molar-refractivity contribution in [1.82, 2.24) is 15.0 Å². The number of aromatic nitrogens is 3. The summed E-state index contributed by atoms with van der Waals surface area (Å²) in [6.45, 7) is 5.80. The first-order valence-corrected chi connectivity index (χ1v) is 12.2. The normalized spacial score (nSPS) is 26.1. The summed E-state index contributed by atoms with van der Waals surface area (Å²) in [5, 5.41) is 12.3. The number of piperidine rings is 2. The van der Waals surface area contributed by atoms with Crippen molar-refractivity contribution in [2.75, 3.05) is 41.3 Å². The van der Waals surface area contributed by atoms with E-state index < -0.39 is 35.8 Å². The summed E-state index contributed by atoms with van der Waals surface area (Å²) >= 11 is 0. The zero-order chi connectivity index (χ0) is 26.4. The zero-order valence-electron chi connectivity index (χ0n) is 20.5. The van der Waals surface area contributed by atoms with E-state index in [2.05, 4.69) is 25.2 Å². The molecule has 37 heavy (non-hydrogen) atoms. The van der Waals surface area contributed by atoms with Crippen LogP contribution in [0.25, 0.3) is 0 Å². The molecule has 13 heteroatoms. The van der Waals surface area contributed by atoms with E-state index in [-0.39, 0.29) is 17.8 Å². The van der Waals surface area contributed by atoms with E-state index in [0.717, 1.165) is 5.69 Å². The number of hydrogen-bond acceptors (Lipinski definition) is 9. The third-order valence-electron chi connectivity index (χ3n) is 6.96. The molecule has 0 amide bonds. The molecule has 10 nitrogen and oxygen atoms in total. The van der Waals surface area contributed by atoms with Gasteiger partial charge in [0, 0.05) is 26.2 Å². The molecule has 5 heterocycles. The van der Waals surface area contributed by atoms with Gasteiger partial charge in [0.25, 0.3) is 0 Å². The minimum Gasteiger partial charge on any atom is -0.481 e. The number of carboxylic acid groups (broad SMARTS) is 1. The van der Waals surface area contributed by atoms with Gasteiger partial charge in [0.15, 0.2) is 11.5 Å². The van der Waals surface area contributed by atoms with Crippen molar-refractivity contribution in [3.8, 4) is 0 Å². The van der Waals surface area contributed by atoms with Gasteiger partial charge < -0.3 is 29.7 Å². The molecule has 0 spiro atoms. The average Bonchev–Trinajstić information content (AvgIpc) is 3.18. The van der Waals surface area contributed by atoms with Crippen LogP contribution in [-0.2, 0) is 20.4 Å². The van der Waals surface area contributed by atoms with E-state index >= 15 is 0 Å². The highest BCUT2D eigenvalue weighted by Crippen LogP contribution is 2.36. The van der Waals surface area contributed by atoms with Gasteiger partial charge in [0.05, 0.1) is 36.2 Å². The van der Waals surface area contributed by atoms with Gasteiger partial charge in [-0.05, 0) is 38.8 Å². The van der Waals surface area contributed by atoms with Crippen molar-refractivity contribution >= 4 is 23.3 Å². The summed E-state index contributed by atoms with van der Waals surface area (Å²) in [5.41, 5.74) is -0.159. The van der Waals surface area contributed by atoms with Gasteiger partial charge in [-0.25, -0.2) is 9.97 Å². The first kappa shape index (κ1) is 25.5. The molecule has 3 aliphatic heterocycles. The molecule has 0 aliphatic carbocycles. The Balaban J connectivity index is 1.32. The van der Waals surface area contributed by atoms with Crippen LogP contribution < -0.4 is 15.1 Å². The summed E-state index contributed by atoms with van der Waals surface area (Å²) in [6, 6.07) is 3.41. The average molecular weight is 523 g/mol. The fraction of sp³-hybridized carbons (Fsp3) is 0.583. The van der Waals surface area contributed by atoms with Crippen LogP contribution in [0.4, 0.5) is 30.5 Å². The molecule has 0 bridgehead atoms. The number of ether oxygens (including phenoxy) is 2. The van der Waals surface area contributed by atoms with Crippen LogP contribution in [0.2, 0.25) is 0 Å². The van der Waals surface area contributed by atoms with E-state index in [9.17, 15) is 23.1 Å². The van der Waals surface area contributed by atoms with E-state index in [1.165, 1.54) is 6.20 Å². The number of nitrogens with one attached hydrogen (secondary N) is 1. The predicted molar refractivity (Wildman–Crippen MR) is 127 cm³/mol. The van der Waals surface area contributed by atoms with Crippen molar-refractivity contribution in [2.24, 2.45) is 5.92 Å². The number of hydrogen-bond donors (Lipinski definition) is 2. The Hall–Kier alpha value is -3.19. The second-order valence-corrected chi connectivity index (χ2v) is 10.1. The molecule has 2 aromatic heterocycles. The van der Waals surface area contributed by atoms with E-state index in [0.29, 0.717) is 51.0 Å². The molecule has 0 radical (unpaired) electrons. The summed E-state index contributed by atoms with van der Waals surface area (Å²) in [5.74, 6) is -1.21. The molecule has 2 N–H and O–H groups in total. The highest BCUT2D eigenvalue weighted by molar-refractivity contribution is 5.70. The maximum absolute atomic E-state index is 13.1. The number of carbonyl (C=O) groups is 1. The minimum atomic E-state index is -4.60. The number of alkyl halides is 3. The van der Waals surface area contributed by atoms with Crippen molar-refractivity contribution in [3.05, 3.63) is 36.4 Å². The summed E-state index contributed by atoms with van der Waals surface area (Å²) in [7, 11) is 0. The molecule has 3 saturated heterocycles. The third-order valence-corrected chi connectivity index (χ3v) is 6.96. The number of carboxylic acids is 1. The highest BCUT2D eigenvalue weighted by Gasteiger charge is 2.49. The second kappa shape index (κ2) is 9.60. The molecule has 3 atom stereocenters. The number of aliphatic carboxylic acids is 1. The first-order chi connectivity index (χ1) is 17.5. The molecule has 3 aliphatic rings. The van der Waals surface area contributed by atoms with Crippen LogP contribution >= 0.6 is 0 Å². The van der Waals surface area contributed by atoms with Crippen LogP contribution in [0, 0.1) is 5.92 Å². The Labute approximate surface area is 211 Å². The molecule has 3 fully saturated rings. The fourth-order valence-electron chi connectivity index (χ4n) is 5.19. The predicted octanol–water partition coefficient (Wildman–Crippen LogP) is 3.01. The maximum atomic E-state index is 13.1. The van der Waals surface area contributed by atoms with Gasteiger partial charge in [-0.1, -0.05) is 0 Å². The standard InChI is InChI=1S/C24H29F3N6O4/c1-23(2)36-17-13-33(20-4-3-15(9-29-20)32-7-5-14(6-8-32)22(34)35)12-16(21(17)37-23)30-19-11-28-10-18(31-19)24(25,26)27/h3-4,9-11,14,16-17,21H,5-8,12-13H2,1-2H3,(H,30,31)(H,34,35)/t16-,17-,21+/m0/s1. The van der Waals surface area contributed by atoms with Gasteiger partial charge >= 0.3 is 12.1 Å². The van der Waals surface area contributed by atoms with Crippen LogP contribution in [-0.4, -0.2) is 76.2 Å². The Morgan fingerprint density at radius 1 is 1.11 bits per heavy atom. The molecule has 2 aromatic rings. The van der Waals surface area contributed by atoms with Crippen LogP contribution in [0.15, 0.2) is 30.7 Å². The highest BCUT2D eigenvalue weighted by atomic mass is 19.4. The first-order valence-electron chi connectivity index (χ1n) is 12.2. The minimum absolute atomic E-state index is 0.00167. The molecular weight excluding hydrogens is 493 g/mol. The SMILES string of the molecule is CC1(C)O[C@@H]2[C@@H](Nc3cncc(C(F)(F)F)n3)CN(c3ccc(N4CCC(C(=O)O)CC4)cn3)C[C@@H]2O1. The van der Waals surface area contributed by atoms with E-state index in [4.69, 9.17) is 9.47 Å². The smallest absolute Gasteiger partial charge is 0.434 e. The van der Waals surface area contributed by atoms with Crippen molar-refractivity contribution in [2.45, 2.75) is 56.9 Å². The van der Waals surface area contributed by atoms with Crippen LogP contribution in [0.5, 0.6) is 0 Å². The van der Waals surface area contributed by atoms with Gasteiger partial charge in [-0.3, -0.25) is 9.78 Å². The molecule has 0 unspecified atom stereocenters. The summed E-state index contributed by atoms with van der Waals surface area (Å²) in [6.07, 6.45) is -0.459. The topological polar surface area (TPSA) is 113 Å². The lowest BCUT2D eigenvalue weighted by Crippen LogP contribution is -2.57. The zero-order valence-corrected chi connectivity index (χ0v) is 20.5. The summed E-state index contributed by atoms with van der Waals surface area (Å²) in [4.78, 5) is 27.4. The number of pyridine rings is 1. The molecule has 0 saturated carbocycles. The van der Waals surface area contributed by atoms with Gasteiger partial charge in [-0.15, -0.1) is 0 Å². The molecule has 200 valence electrons. The number of halogens is 3. The van der Waals surface area contributed by atoms with Gasteiger partial charge in [-0.2, -0.15) is 13.2 Å². The maximum Gasteiger partial charge on any atom is 0.434 e. The third kappa shape index (κ3) is 5.57. The molecule has 5 rings (SSSR count). The lowest BCUT2D eigenvalue weighted by molar-refractivity contribution is -0.145. The summed E-state index contributed by atoms with van der Waals surface area (Å²) < 4.78 is 51.6. The van der Waals surface area contributed by atoms with Crippen LogP contribution in [0.3, 0.4) is 0 Å². The van der Waals surface area contributed by atoms with Gasteiger partial charge in [0.1, 0.15) is 23.8 Å². The number of anilines is 3. The lowest BCUT2D eigenvalue weighted by atomic mass is 9.97. The largest absolute Gasteiger partial charge is 0.481 e. The van der Waals surface area contributed by atoms with E-state index in [1.54, 1.807) is 20.0 Å². The quantitative estimate of drug-likeness (QED) is 0.608. The monoisotopic (exact) mass is 522 g/mol. The van der Waals surface area contributed by atoms with E-state index in [1.807, 2.05) is 17.0 Å². The van der Waals surface area contributed by atoms with Crippen molar-refractivity contribution < 1.29 is 32.5 Å². The fourth-order valence-corrected chi connectivity index (χ4v) is 5.19. The number of fused-ring (bicyclic) bond motifs is 1. The Morgan fingerprint density at radius 3 is 2.51 bits per heavy atom.